The van der Waals surface area contributed by atoms with Gasteiger partial charge in [0.2, 0.25) is 5.91 Å². The van der Waals surface area contributed by atoms with Crippen LogP contribution < -0.4 is 10.2 Å². The van der Waals surface area contributed by atoms with Gasteiger partial charge in [-0.1, -0.05) is 55.5 Å². The number of aromatic nitrogens is 4. The Kier molecular flexibility index (Phi) is 5.77. The molecule has 0 radical (unpaired) electrons. The number of amides is 1. The van der Waals surface area contributed by atoms with Crippen LogP contribution in [0.3, 0.4) is 0 Å². The molecule has 5 rings (SSSR count). The molecule has 0 aliphatic carbocycles. The lowest BCUT2D eigenvalue weighted by Crippen LogP contribution is -2.39. The number of hydrogen-bond acceptors (Lipinski definition) is 5. The van der Waals surface area contributed by atoms with Gasteiger partial charge in [-0.05, 0) is 37.8 Å². The number of nitrogens with zero attached hydrogens (tertiary/aromatic N) is 5. The van der Waals surface area contributed by atoms with E-state index < -0.39 is 0 Å². The zero-order chi connectivity index (χ0) is 22.8. The molecule has 1 saturated heterocycles. The van der Waals surface area contributed by atoms with Crippen LogP contribution in [0.5, 0.6) is 0 Å². The van der Waals surface area contributed by atoms with Crippen molar-refractivity contribution in [2.45, 2.75) is 33.1 Å². The molecule has 0 atom stereocenters. The van der Waals surface area contributed by atoms with Crippen molar-refractivity contribution in [1.29, 1.82) is 0 Å². The van der Waals surface area contributed by atoms with Gasteiger partial charge in [0.05, 0.1) is 0 Å². The number of carbonyl (C=O) groups is 1. The average Bonchev–Trinajstić information content (AvgIpc) is 3.32. The van der Waals surface area contributed by atoms with Crippen LogP contribution in [0.25, 0.3) is 16.9 Å². The maximum atomic E-state index is 13.2. The van der Waals surface area contributed by atoms with Crippen molar-refractivity contribution in [3.05, 3.63) is 72.2 Å². The lowest BCUT2D eigenvalue weighted by molar-refractivity contribution is -0.120. The topological polar surface area (TPSA) is 75.4 Å². The van der Waals surface area contributed by atoms with Gasteiger partial charge in [0.1, 0.15) is 12.1 Å². The molecule has 0 bridgehead atoms. The molecular weight excluding hydrogens is 412 g/mol. The SMILES string of the molecule is CCc1c(C)nc2ncnn2c1N1CCC(C(=O)Nc2ccccc2-c2ccccc2)CC1. The molecule has 2 aromatic carbocycles. The minimum absolute atomic E-state index is 0.0238. The molecule has 33 heavy (non-hydrogen) atoms. The van der Waals surface area contributed by atoms with Crippen molar-refractivity contribution in [2.24, 2.45) is 5.92 Å². The van der Waals surface area contributed by atoms with E-state index in [9.17, 15) is 4.79 Å². The van der Waals surface area contributed by atoms with Crippen molar-refractivity contribution >= 4 is 23.2 Å². The number of aryl methyl sites for hydroxylation is 1. The minimum Gasteiger partial charge on any atom is -0.356 e. The number of benzene rings is 2. The third kappa shape index (κ3) is 4.06. The molecule has 1 fully saturated rings. The monoisotopic (exact) mass is 440 g/mol. The highest BCUT2D eigenvalue weighted by Crippen LogP contribution is 2.31. The molecule has 4 aromatic rings. The summed E-state index contributed by atoms with van der Waals surface area (Å²) in [5, 5.41) is 7.61. The molecule has 168 valence electrons. The average molecular weight is 441 g/mol. The van der Waals surface area contributed by atoms with Crippen molar-refractivity contribution < 1.29 is 4.79 Å². The number of para-hydroxylation sites is 1. The van der Waals surface area contributed by atoms with Crippen LogP contribution in [0.1, 0.15) is 31.0 Å². The number of carbonyl (C=O) groups excluding carboxylic acids is 1. The van der Waals surface area contributed by atoms with Crippen molar-refractivity contribution in [2.75, 3.05) is 23.3 Å². The van der Waals surface area contributed by atoms with E-state index in [0.717, 1.165) is 60.7 Å². The van der Waals surface area contributed by atoms with Crippen LogP contribution in [0.2, 0.25) is 0 Å². The zero-order valence-corrected chi connectivity index (χ0v) is 19.0. The summed E-state index contributed by atoms with van der Waals surface area (Å²) < 4.78 is 1.84. The highest BCUT2D eigenvalue weighted by molar-refractivity contribution is 5.96. The van der Waals surface area contributed by atoms with Gasteiger partial charge in [-0.25, -0.2) is 4.98 Å². The summed E-state index contributed by atoms with van der Waals surface area (Å²) in [6.07, 6.45) is 4.01. The lowest BCUT2D eigenvalue weighted by atomic mass is 9.94. The molecule has 1 amide bonds. The first-order chi connectivity index (χ1) is 16.2. The number of anilines is 2. The summed E-state index contributed by atoms with van der Waals surface area (Å²) in [5.41, 5.74) is 5.18. The predicted molar refractivity (Wildman–Crippen MR) is 130 cm³/mol. The molecule has 3 heterocycles. The number of nitrogens with one attached hydrogen (secondary N) is 1. The number of fused-ring (bicyclic) bond motifs is 1. The van der Waals surface area contributed by atoms with Gasteiger partial charge in [-0.15, -0.1) is 0 Å². The van der Waals surface area contributed by atoms with Gasteiger partial charge in [-0.2, -0.15) is 14.6 Å². The Morgan fingerprint density at radius 1 is 1.06 bits per heavy atom. The largest absolute Gasteiger partial charge is 0.356 e. The second kappa shape index (κ2) is 9.02. The van der Waals surface area contributed by atoms with Crippen LogP contribution in [0.15, 0.2) is 60.9 Å². The van der Waals surface area contributed by atoms with Crippen LogP contribution >= 0.6 is 0 Å². The van der Waals surface area contributed by atoms with Crippen LogP contribution in [0.4, 0.5) is 11.5 Å². The highest BCUT2D eigenvalue weighted by atomic mass is 16.1. The Bertz CT molecular complexity index is 1270. The molecular formula is C26H28N6O. The van der Waals surface area contributed by atoms with E-state index >= 15 is 0 Å². The fraction of sp³-hybridized carbons (Fsp3) is 0.308. The van der Waals surface area contributed by atoms with E-state index in [1.807, 2.05) is 47.8 Å². The highest BCUT2D eigenvalue weighted by Gasteiger charge is 2.28. The molecule has 0 spiro atoms. The predicted octanol–water partition coefficient (Wildman–Crippen LogP) is 4.52. The smallest absolute Gasteiger partial charge is 0.254 e. The normalized spacial score (nSPS) is 14.5. The Hall–Kier alpha value is -3.74. The van der Waals surface area contributed by atoms with Crippen LogP contribution in [-0.2, 0) is 11.2 Å². The molecule has 0 unspecified atom stereocenters. The Balaban J connectivity index is 1.32. The van der Waals surface area contributed by atoms with Gasteiger partial charge in [0, 0.05) is 41.5 Å². The maximum Gasteiger partial charge on any atom is 0.254 e. The summed E-state index contributed by atoms with van der Waals surface area (Å²) in [4.78, 5) is 24.4. The molecule has 0 saturated carbocycles. The van der Waals surface area contributed by atoms with E-state index in [-0.39, 0.29) is 11.8 Å². The second-order valence-electron chi connectivity index (χ2n) is 8.49. The fourth-order valence-corrected chi connectivity index (χ4v) is 4.76. The van der Waals surface area contributed by atoms with Crippen molar-refractivity contribution in [1.82, 2.24) is 19.6 Å². The zero-order valence-electron chi connectivity index (χ0n) is 19.0. The molecule has 7 heteroatoms. The van der Waals surface area contributed by atoms with E-state index in [2.05, 4.69) is 50.4 Å². The summed E-state index contributed by atoms with van der Waals surface area (Å²) >= 11 is 0. The quantitative estimate of drug-likeness (QED) is 0.494. The first kappa shape index (κ1) is 21.1. The summed E-state index contributed by atoms with van der Waals surface area (Å²) in [6, 6.07) is 18.2. The molecule has 1 N–H and O–H groups in total. The Morgan fingerprint density at radius 3 is 2.55 bits per heavy atom. The van der Waals surface area contributed by atoms with Gasteiger partial charge in [-0.3, -0.25) is 4.79 Å². The minimum atomic E-state index is -0.0238. The number of hydrogen-bond donors (Lipinski definition) is 1. The van der Waals surface area contributed by atoms with Gasteiger partial charge in [0.25, 0.3) is 5.78 Å². The third-order valence-corrected chi connectivity index (χ3v) is 6.49. The first-order valence-electron chi connectivity index (χ1n) is 11.5. The Labute approximate surface area is 193 Å². The number of piperidine rings is 1. The van der Waals surface area contributed by atoms with Crippen molar-refractivity contribution in [3.63, 3.8) is 0 Å². The molecule has 1 aliphatic heterocycles. The van der Waals surface area contributed by atoms with E-state index in [1.165, 1.54) is 5.56 Å². The van der Waals surface area contributed by atoms with Gasteiger partial charge >= 0.3 is 0 Å². The Morgan fingerprint density at radius 2 is 1.79 bits per heavy atom. The van der Waals surface area contributed by atoms with E-state index in [4.69, 9.17) is 0 Å². The summed E-state index contributed by atoms with van der Waals surface area (Å²) in [6.45, 7) is 5.76. The maximum absolute atomic E-state index is 13.2. The fourth-order valence-electron chi connectivity index (χ4n) is 4.76. The first-order valence-corrected chi connectivity index (χ1v) is 11.5. The van der Waals surface area contributed by atoms with Crippen LogP contribution in [-0.4, -0.2) is 38.6 Å². The van der Waals surface area contributed by atoms with E-state index in [0.29, 0.717) is 5.78 Å². The lowest BCUT2D eigenvalue weighted by Gasteiger charge is -2.34. The molecule has 1 aliphatic rings. The second-order valence-corrected chi connectivity index (χ2v) is 8.49. The standard InChI is InChI=1S/C26H28N6O/c1-3-21-18(2)29-26-27-17-28-32(26)25(21)31-15-13-20(14-16-31)24(33)30-23-12-8-7-11-22(23)19-9-5-4-6-10-19/h4-12,17,20H,3,13-16H2,1-2H3,(H,30,33). The summed E-state index contributed by atoms with van der Waals surface area (Å²) in [7, 11) is 0. The van der Waals surface area contributed by atoms with E-state index in [1.54, 1.807) is 6.33 Å². The summed E-state index contributed by atoms with van der Waals surface area (Å²) in [5.74, 6) is 1.75. The molecule has 7 nitrogen and oxygen atoms in total. The van der Waals surface area contributed by atoms with Gasteiger partial charge < -0.3 is 10.2 Å². The van der Waals surface area contributed by atoms with Gasteiger partial charge in [0.15, 0.2) is 0 Å². The number of rotatable bonds is 5. The van der Waals surface area contributed by atoms with Crippen LogP contribution in [0, 0.1) is 12.8 Å². The van der Waals surface area contributed by atoms with Crippen molar-refractivity contribution in [3.8, 4) is 11.1 Å². The third-order valence-electron chi connectivity index (χ3n) is 6.49. The molecule has 2 aromatic heterocycles.